The van der Waals surface area contributed by atoms with Crippen LogP contribution in [0.1, 0.15) is 68.6 Å². The molecular weight excluding hydrogens is 623 g/mol. The molecule has 0 aliphatic carbocycles. The maximum atomic E-state index is 14.8. The van der Waals surface area contributed by atoms with Crippen molar-refractivity contribution in [1.82, 2.24) is 15.0 Å². The molecule has 10 nitrogen and oxygen atoms in total. The lowest BCUT2D eigenvalue weighted by atomic mass is 9.82. The molecule has 3 N–H and O–H groups in total. The summed E-state index contributed by atoms with van der Waals surface area (Å²) < 4.78 is 8.72. The number of aromatic nitrogens is 3. The Labute approximate surface area is 284 Å². The number of aliphatic hydroxyl groups excluding tert-OH is 1. The van der Waals surface area contributed by atoms with Crippen molar-refractivity contribution in [1.29, 1.82) is 0 Å². The van der Waals surface area contributed by atoms with Crippen molar-refractivity contribution in [3.8, 4) is 0 Å². The molecule has 3 aromatic rings. The predicted octanol–water partition coefficient (Wildman–Crippen LogP) is 5.99. The van der Waals surface area contributed by atoms with E-state index in [2.05, 4.69) is 48.6 Å². The van der Waals surface area contributed by atoms with Gasteiger partial charge in [0.25, 0.3) is 11.8 Å². The van der Waals surface area contributed by atoms with Crippen molar-refractivity contribution >= 4 is 31.5 Å². The van der Waals surface area contributed by atoms with Gasteiger partial charge in [-0.25, -0.2) is 0 Å². The highest BCUT2D eigenvalue weighted by Crippen LogP contribution is 2.60. The summed E-state index contributed by atoms with van der Waals surface area (Å²) in [5.41, 5.74) is 4.16. The van der Waals surface area contributed by atoms with Crippen molar-refractivity contribution in [2.24, 2.45) is 5.92 Å². The van der Waals surface area contributed by atoms with Crippen LogP contribution in [0.5, 0.6) is 0 Å². The molecule has 5 rings (SSSR count). The fourth-order valence-corrected chi connectivity index (χ4v) is 9.88. The topological polar surface area (TPSA) is 130 Å². The number of carbonyl (C=O) groups is 2. The molecular formula is C37H49N5O5Si. The molecule has 256 valence electrons. The number of nitrogens with zero attached hydrogens (tertiary/aromatic N) is 4. The Morgan fingerprint density at radius 1 is 1.12 bits per heavy atom. The van der Waals surface area contributed by atoms with Crippen LogP contribution in [-0.4, -0.2) is 64.3 Å². The third-order valence-electron chi connectivity index (χ3n) is 9.59. The second-order valence-electron chi connectivity index (χ2n) is 13.9. The average molecular weight is 672 g/mol. The Morgan fingerprint density at radius 3 is 2.56 bits per heavy atom. The molecule has 0 radical (unpaired) electrons. The number of ether oxygens (including phenoxy) is 1. The maximum Gasteiger partial charge on any atom is 0.264 e. The number of carbonyl (C=O) groups excluding carboxylic acids is 2. The monoisotopic (exact) mass is 671 g/mol. The van der Waals surface area contributed by atoms with E-state index >= 15 is 0 Å². The number of allylic oxidation sites excluding steroid dienone is 3. The van der Waals surface area contributed by atoms with E-state index < -0.39 is 20.0 Å². The van der Waals surface area contributed by atoms with E-state index in [4.69, 9.17) is 4.74 Å². The van der Waals surface area contributed by atoms with Crippen LogP contribution in [-0.2, 0) is 28.1 Å². The van der Waals surface area contributed by atoms with Gasteiger partial charge < -0.3 is 24.9 Å². The first-order chi connectivity index (χ1) is 22.8. The largest absolute Gasteiger partial charge is 0.432 e. The summed E-state index contributed by atoms with van der Waals surface area (Å²) in [6.07, 6.45) is 8.51. The van der Waals surface area contributed by atoms with Crippen molar-refractivity contribution in [3.63, 3.8) is 0 Å². The van der Waals surface area contributed by atoms with Gasteiger partial charge in [0.1, 0.15) is 0 Å². The summed E-state index contributed by atoms with van der Waals surface area (Å²) >= 11 is 0. The SMILES string of the molecule is CC(C)=CCC/C(C)=C/CN1C(=O)[C@@]2(O[C@@H](CCn3cc(CCO)nn3)[C@H]([Si](C)(C)O)[C@H]2C)c2cc(NC(=O)c3ccccc3)ccc21. The fraction of sp³-hybridized carbons (Fsp3) is 0.459. The molecule has 2 aromatic carbocycles. The normalized spacial score (nSPS) is 22.3. The molecule has 48 heavy (non-hydrogen) atoms. The van der Waals surface area contributed by atoms with Crippen LogP contribution in [0.15, 0.2) is 78.0 Å². The first kappa shape index (κ1) is 35.4. The molecule has 2 amide bonds. The summed E-state index contributed by atoms with van der Waals surface area (Å²) in [4.78, 5) is 41.4. The van der Waals surface area contributed by atoms with E-state index in [-0.39, 0.29) is 29.9 Å². The molecule has 0 bridgehead atoms. The Kier molecular flexibility index (Phi) is 10.8. The fourth-order valence-electron chi connectivity index (χ4n) is 7.27. The van der Waals surface area contributed by atoms with E-state index in [9.17, 15) is 19.5 Å². The van der Waals surface area contributed by atoms with Crippen molar-refractivity contribution < 1.29 is 24.2 Å². The number of fused-ring (bicyclic) bond motifs is 2. The molecule has 11 heteroatoms. The van der Waals surface area contributed by atoms with Gasteiger partial charge in [0, 0.05) is 60.6 Å². The van der Waals surface area contributed by atoms with Gasteiger partial charge in [0.05, 0.1) is 17.5 Å². The highest BCUT2D eigenvalue weighted by molar-refractivity contribution is 6.71. The van der Waals surface area contributed by atoms with Gasteiger partial charge in [0.2, 0.25) is 0 Å². The number of rotatable bonds is 13. The van der Waals surface area contributed by atoms with Gasteiger partial charge in [-0.05, 0) is 83.5 Å². The molecule has 1 fully saturated rings. The number of aryl methyl sites for hydroxylation is 1. The molecule has 1 saturated heterocycles. The lowest BCUT2D eigenvalue weighted by Crippen LogP contribution is -2.46. The molecule has 1 aromatic heterocycles. The Hall–Kier alpha value is -3.90. The van der Waals surface area contributed by atoms with Gasteiger partial charge in [-0.3, -0.25) is 14.3 Å². The minimum atomic E-state index is -2.87. The van der Waals surface area contributed by atoms with Gasteiger partial charge in [0.15, 0.2) is 13.9 Å². The van der Waals surface area contributed by atoms with Crippen LogP contribution in [0.25, 0.3) is 0 Å². The standard InChI is InChI=1S/C37H49N5O5Si/c1-25(2)11-10-12-26(3)17-21-42-32-16-15-29(38-35(44)28-13-8-7-9-14-28)23-31(32)37(36(42)45)27(4)34(48(5,6)46)33(47-37)18-20-41-24-30(19-22-43)39-40-41/h7-9,11,13-17,23-24,27,33-34,43,46H,10,12,18-22H2,1-6H3,(H,38,44)/b26-17+/t27-,33+,34-,37+/m1/s1. The first-order valence-electron chi connectivity index (χ1n) is 16.9. The summed E-state index contributed by atoms with van der Waals surface area (Å²) in [6.45, 7) is 13.0. The summed E-state index contributed by atoms with van der Waals surface area (Å²) in [5.74, 6) is -0.732. The highest BCUT2D eigenvalue weighted by Gasteiger charge is 2.66. The molecule has 0 unspecified atom stereocenters. The van der Waals surface area contributed by atoms with Crippen LogP contribution in [0.4, 0.5) is 11.4 Å². The second-order valence-corrected chi connectivity index (χ2v) is 17.9. The van der Waals surface area contributed by atoms with Crippen molar-refractivity contribution in [2.75, 3.05) is 23.4 Å². The minimum Gasteiger partial charge on any atom is -0.432 e. The number of benzene rings is 2. The van der Waals surface area contributed by atoms with E-state index in [1.807, 2.05) is 62.6 Å². The lowest BCUT2D eigenvalue weighted by Gasteiger charge is -2.32. The Balaban J connectivity index is 1.50. The molecule has 2 aliphatic heterocycles. The predicted molar refractivity (Wildman–Crippen MR) is 190 cm³/mol. The van der Waals surface area contributed by atoms with Gasteiger partial charge in [-0.15, -0.1) is 5.10 Å². The number of hydrogen-bond donors (Lipinski definition) is 3. The van der Waals surface area contributed by atoms with Crippen LogP contribution in [0.2, 0.25) is 18.6 Å². The first-order valence-corrected chi connectivity index (χ1v) is 19.9. The minimum absolute atomic E-state index is 0.00712. The van der Waals surface area contributed by atoms with Crippen LogP contribution >= 0.6 is 0 Å². The summed E-state index contributed by atoms with van der Waals surface area (Å²) in [7, 11) is -2.87. The number of aliphatic hydroxyl groups is 1. The van der Waals surface area contributed by atoms with Crippen molar-refractivity contribution in [3.05, 3.63) is 94.8 Å². The van der Waals surface area contributed by atoms with Gasteiger partial charge >= 0.3 is 0 Å². The number of nitrogens with one attached hydrogen (secondary N) is 1. The Morgan fingerprint density at radius 2 is 1.88 bits per heavy atom. The van der Waals surface area contributed by atoms with E-state index in [1.165, 1.54) is 11.1 Å². The third kappa shape index (κ3) is 7.39. The van der Waals surface area contributed by atoms with Gasteiger partial charge in [-0.2, -0.15) is 0 Å². The zero-order valence-electron chi connectivity index (χ0n) is 28.9. The number of amides is 2. The zero-order valence-corrected chi connectivity index (χ0v) is 29.9. The highest BCUT2D eigenvalue weighted by atomic mass is 28.4. The average Bonchev–Trinajstić information content (AvgIpc) is 3.68. The third-order valence-corrected chi connectivity index (χ3v) is 12.1. The molecule has 4 atom stereocenters. The molecule has 0 saturated carbocycles. The maximum absolute atomic E-state index is 14.8. The smallest absolute Gasteiger partial charge is 0.264 e. The van der Waals surface area contributed by atoms with Crippen LogP contribution < -0.4 is 10.2 Å². The molecule has 1 spiro atoms. The van der Waals surface area contributed by atoms with Crippen molar-refractivity contribution in [2.45, 2.75) is 90.3 Å². The summed E-state index contributed by atoms with van der Waals surface area (Å²) in [6, 6.07) is 14.6. The Bertz CT molecular complexity index is 1680. The lowest BCUT2D eigenvalue weighted by molar-refractivity contribution is -0.145. The van der Waals surface area contributed by atoms with Crippen LogP contribution in [0.3, 0.4) is 0 Å². The van der Waals surface area contributed by atoms with E-state index in [0.29, 0.717) is 48.4 Å². The van der Waals surface area contributed by atoms with E-state index in [1.54, 1.807) is 21.7 Å². The molecule has 2 aliphatic rings. The van der Waals surface area contributed by atoms with Gasteiger partial charge in [-0.1, -0.05) is 53.6 Å². The quantitative estimate of drug-likeness (QED) is 0.150. The van der Waals surface area contributed by atoms with E-state index in [0.717, 1.165) is 18.5 Å². The second kappa shape index (κ2) is 14.7. The molecule has 3 heterocycles. The van der Waals surface area contributed by atoms with Crippen LogP contribution in [0, 0.1) is 5.92 Å². The summed E-state index contributed by atoms with van der Waals surface area (Å²) in [5, 5.41) is 20.7. The number of hydrogen-bond acceptors (Lipinski definition) is 7. The number of anilines is 2. The zero-order chi connectivity index (χ0) is 34.6.